The molecule has 0 heterocycles. The van der Waals surface area contributed by atoms with Gasteiger partial charge in [-0.2, -0.15) is 0 Å². The Labute approximate surface area is 88.3 Å². The summed E-state index contributed by atoms with van der Waals surface area (Å²) in [5.41, 5.74) is 0. The molecule has 0 aromatic heterocycles. The third kappa shape index (κ3) is 91.4. The normalized spacial score (nSPS) is 7.38. The topological polar surface area (TPSA) is 77.8 Å². The third-order valence-electron chi connectivity index (χ3n) is 0. The van der Waals surface area contributed by atoms with Crippen molar-refractivity contribution in [1.82, 2.24) is 0 Å². The molecule has 0 aliphatic heterocycles. The van der Waals surface area contributed by atoms with Crippen LogP contribution in [0, 0.1) is 0 Å². The summed E-state index contributed by atoms with van der Waals surface area (Å²) >= 11 is 0. The molecular weight excluding hydrogens is 350 g/mol. The molecule has 0 spiro atoms. The van der Waals surface area contributed by atoms with Crippen molar-refractivity contribution in [1.29, 1.82) is 0 Å². The molecule has 54 valence electrons. The van der Waals surface area contributed by atoms with Crippen LogP contribution in [0.2, 0.25) is 0 Å². The van der Waals surface area contributed by atoms with E-state index in [0.717, 1.165) is 0 Å². The van der Waals surface area contributed by atoms with Gasteiger partial charge in [0.25, 0.3) is 0 Å². The van der Waals surface area contributed by atoms with Gasteiger partial charge in [0.05, 0.1) is 0 Å². The summed E-state index contributed by atoms with van der Waals surface area (Å²) in [5.74, 6) is 0. The molecule has 4 nitrogen and oxygen atoms in total. The molecule has 0 saturated heterocycles. The first-order valence-electron chi connectivity index (χ1n) is 0.783. The van der Waals surface area contributed by atoms with Crippen LogP contribution in [-0.2, 0) is 66.6 Å². The van der Waals surface area contributed by atoms with E-state index in [0.29, 0.717) is 0 Å². The Balaban J connectivity index is -0.0000000267. The van der Waals surface area contributed by atoms with Crippen molar-refractivity contribution >= 4 is 7.82 Å². The first kappa shape index (κ1) is 22.5. The van der Waals surface area contributed by atoms with Gasteiger partial charge in [-0.05, 0) is 0 Å². The fourth-order valence-electron chi connectivity index (χ4n) is 0. The van der Waals surface area contributed by atoms with Crippen LogP contribution in [0.5, 0.6) is 0 Å². The van der Waals surface area contributed by atoms with Crippen LogP contribution in [0.25, 0.3) is 0 Å². The smallest absolute Gasteiger partial charge is 0.303 e. The van der Waals surface area contributed by atoms with Crippen LogP contribution in [0.4, 0.5) is 0 Å². The number of phosphoric acid groups is 1. The number of hydrogen-bond donors (Lipinski definition) is 3. The van der Waals surface area contributed by atoms with E-state index >= 15 is 0 Å². The zero-order valence-electron chi connectivity index (χ0n) is 3.35. The van der Waals surface area contributed by atoms with Gasteiger partial charge in [0.1, 0.15) is 0 Å². The largest absolute Gasteiger partial charge is 0.466 e. The van der Waals surface area contributed by atoms with E-state index in [1.807, 2.05) is 0 Å². The molecule has 0 amide bonds. The summed E-state index contributed by atoms with van der Waals surface area (Å²) in [6, 6.07) is 0. The average molecular weight is 353 g/mol. The number of hydrogen-bond acceptors (Lipinski definition) is 1. The van der Waals surface area contributed by atoms with E-state index in [1.54, 1.807) is 0 Å². The van der Waals surface area contributed by atoms with Gasteiger partial charge in [-0.25, -0.2) is 4.57 Å². The predicted octanol–water partition coefficient (Wildman–Crippen LogP) is -0.936. The maximum Gasteiger partial charge on any atom is 0.466 e. The van der Waals surface area contributed by atoms with Gasteiger partial charge in [0.15, 0.2) is 0 Å². The molecule has 0 rings (SSSR count). The second-order valence-corrected chi connectivity index (χ2v) is 1.54. The molecule has 8 heavy (non-hydrogen) atoms. The molecule has 0 aromatic rings. The van der Waals surface area contributed by atoms with Gasteiger partial charge < -0.3 is 14.7 Å². The second-order valence-electron chi connectivity index (χ2n) is 0.513. The van der Waals surface area contributed by atoms with Gasteiger partial charge >= 0.3 is 7.82 Å². The van der Waals surface area contributed by atoms with Crippen molar-refractivity contribution in [3.63, 3.8) is 0 Å². The Hall–Kier alpha value is 2.12. The SMILES string of the molecule is O=P(O)(O)O.[Ag].[Mo].[V]. The van der Waals surface area contributed by atoms with Crippen LogP contribution < -0.4 is 0 Å². The summed E-state index contributed by atoms with van der Waals surface area (Å²) in [5, 5.41) is 0. The molecule has 0 bridgehead atoms. The fraction of sp³-hybridized carbons (Fsp3) is 0. The Kier molecular flexibility index (Phi) is 25.6. The molecule has 0 unspecified atom stereocenters. The van der Waals surface area contributed by atoms with E-state index in [4.69, 9.17) is 19.2 Å². The van der Waals surface area contributed by atoms with E-state index < -0.39 is 7.82 Å². The maximum atomic E-state index is 8.88. The summed E-state index contributed by atoms with van der Waals surface area (Å²) < 4.78 is 8.88. The minimum absolute atomic E-state index is 0. The van der Waals surface area contributed by atoms with Crippen LogP contribution in [0.3, 0.4) is 0 Å². The molecular formula is H3AgMoO4PV. The van der Waals surface area contributed by atoms with Crippen molar-refractivity contribution < 1.29 is 81.2 Å². The second kappa shape index (κ2) is 9.12. The van der Waals surface area contributed by atoms with Gasteiger partial charge in [0, 0.05) is 62.0 Å². The third-order valence-corrected chi connectivity index (χ3v) is 0. The monoisotopic (exact) mass is 354 g/mol. The van der Waals surface area contributed by atoms with E-state index in [2.05, 4.69) is 0 Å². The van der Waals surface area contributed by atoms with Gasteiger partial charge in [-0.1, -0.05) is 0 Å². The van der Waals surface area contributed by atoms with Crippen LogP contribution >= 0.6 is 7.82 Å². The first-order chi connectivity index (χ1) is 2.00. The minimum Gasteiger partial charge on any atom is -0.303 e. The molecule has 0 aromatic carbocycles. The zero-order valence-corrected chi connectivity index (χ0v) is 9.13. The minimum atomic E-state index is -4.64. The maximum absolute atomic E-state index is 8.88. The molecule has 3 N–H and O–H groups in total. The zero-order chi connectivity index (χ0) is 4.50. The van der Waals surface area contributed by atoms with E-state index in [1.165, 1.54) is 0 Å². The van der Waals surface area contributed by atoms with Crippen LogP contribution in [-0.4, -0.2) is 14.7 Å². The van der Waals surface area contributed by atoms with E-state index in [9.17, 15) is 0 Å². The summed E-state index contributed by atoms with van der Waals surface area (Å²) in [6.45, 7) is 0. The molecule has 0 atom stereocenters. The molecule has 0 fully saturated rings. The van der Waals surface area contributed by atoms with Gasteiger partial charge in [-0.3, -0.25) is 0 Å². The average Bonchev–Trinajstić information content (AvgIpc) is 0.722. The van der Waals surface area contributed by atoms with Gasteiger partial charge in [-0.15, -0.1) is 0 Å². The quantitative estimate of drug-likeness (QED) is 0.389. The van der Waals surface area contributed by atoms with Crippen molar-refractivity contribution in [2.45, 2.75) is 0 Å². The Morgan fingerprint density at radius 3 is 1.12 bits per heavy atom. The summed E-state index contributed by atoms with van der Waals surface area (Å²) in [7, 11) is -4.64. The van der Waals surface area contributed by atoms with Gasteiger partial charge in [0.2, 0.25) is 0 Å². The van der Waals surface area contributed by atoms with Crippen molar-refractivity contribution in [2.75, 3.05) is 0 Å². The Morgan fingerprint density at radius 1 is 1.12 bits per heavy atom. The predicted molar refractivity (Wildman–Crippen MR) is 14.3 cm³/mol. The molecule has 2 radical (unpaired) electrons. The molecule has 0 aliphatic carbocycles. The van der Waals surface area contributed by atoms with E-state index in [-0.39, 0.29) is 62.0 Å². The summed E-state index contributed by atoms with van der Waals surface area (Å²) in [6.07, 6.45) is 0. The van der Waals surface area contributed by atoms with Crippen LogP contribution in [0.15, 0.2) is 0 Å². The first-order valence-corrected chi connectivity index (χ1v) is 2.35. The van der Waals surface area contributed by atoms with Crippen molar-refractivity contribution in [3.05, 3.63) is 0 Å². The Bertz CT molecular complexity index is 62.2. The van der Waals surface area contributed by atoms with Crippen molar-refractivity contribution in [3.8, 4) is 0 Å². The van der Waals surface area contributed by atoms with Crippen molar-refractivity contribution in [2.24, 2.45) is 0 Å². The molecule has 0 saturated carbocycles. The fourth-order valence-corrected chi connectivity index (χ4v) is 0. The standard InChI is InChI=1S/Ag.Mo.H3O4P.V/c;;1-5(2,3)4;/h;;(H3,1,2,3,4);. The molecule has 0 aliphatic rings. The Morgan fingerprint density at radius 2 is 1.12 bits per heavy atom. The molecule has 8 heteroatoms. The summed E-state index contributed by atoms with van der Waals surface area (Å²) in [4.78, 5) is 21.6. The van der Waals surface area contributed by atoms with Crippen LogP contribution in [0.1, 0.15) is 0 Å². The number of rotatable bonds is 0.